The molecule has 2 bridgehead atoms. The molecule has 1 saturated carbocycles. The number of likely N-dealkylation sites (tertiary alicyclic amines) is 2. The van der Waals surface area contributed by atoms with E-state index in [1.807, 2.05) is 36.4 Å². The summed E-state index contributed by atoms with van der Waals surface area (Å²) >= 11 is 0. The van der Waals surface area contributed by atoms with Crippen molar-refractivity contribution in [3.63, 3.8) is 0 Å². The average molecular weight is 349 g/mol. The van der Waals surface area contributed by atoms with Gasteiger partial charge in [-0.1, -0.05) is 44.0 Å². The van der Waals surface area contributed by atoms with Crippen LogP contribution in [0.5, 0.6) is 0 Å². The van der Waals surface area contributed by atoms with Gasteiger partial charge in [-0.25, -0.2) is 4.98 Å². The van der Waals surface area contributed by atoms with Crippen LogP contribution in [0.25, 0.3) is 10.9 Å². The maximum Gasteiger partial charge on any atom is 0.272 e. The average Bonchev–Trinajstić information content (AvgIpc) is 2.77. The number of amides is 1. The van der Waals surface area contributed by atoms with Gasteiger partial charge in [0.1, 0.15) is 5.69 Å². The van der Waals surface area contributed by atoms with Gasteiger partial charge in [-0.3, -0.25) is 9.69 Å². The number of hydrogen-bond acceptors (Lipinski definition) is 3. The molecule has 2 aromatic rings. The Bertz CT molecular complexity index is 865. The van der Waals surface area contributed by atoms with Gasteiger partial charge in [-0.2, -0.15) is 0 Å². The van der Waals surface area contributed by atoms with E-state index in [-0.39, 0.29) is 11.3 Å². The van der Waals surface area contributed by atoms with E-state index in [9.17, 15) is 4.79 Å². The summed E-state index contributed by atoms with van der Waals surface area (Å²) in [6.45, 7) is 3.28. The topological polar surface area (TPSA) is 36.4 Å². The molecule has 1 aliphatic carbocycles. The van der Waals surface area contributed by atoms with Crippen LogP contribution in [0.2, 0.25) is 0 Å². The van der Waals surface area contributed by atoms with Crippen LogP contribution in [0.15, 0.2) is 36.4 Å². The highest BCUT2D eigenvalue weighted by Crippen LogP contribution is 2.52. The van der Waals surface area contributed by atoms with Gasteiger partial charge in [0.15, 0.2) is 0 Å². The summed E-state index contributed by atoms with van der Waals surface area (Å²) in [4.78, 5) is 22.9. The molecule has 3 aliphatic rings. The van der Waals surface area contributed by atoms with Crippen LogP contribution in [0.4, 0.5) is 0 Å². The Kier molecular flexibility index (Phi) is 3.61. The number of hydrogen-bond donors (Lipinski definition) is 0. The van der Waals surface area contributed by atoms with Crippen LogP contribution in [-0.2, 0) is 0 Å². The molecular weight excluding hydrogens is 322 g/mol. The van der Waals surface area contributed by atoms with Gasteiger partial charge < -0.3 is 4.90 Å². The molecule has 0 radical (unpaired) electrons. The second-order valence-corrected chi connectivity index (χ2v) is 8.69. The quantitative estimate of drug-likeness (QED) is 0.787. The summed E-state index contributed by atoms with van der Waals surface area (Å²) < 4.78 is 0. The van der Waals surface area contributed by atoms with Crippen molar-refractivity contribution in [3.8, 4) is 0 Å². The second-order valence-electron chi connectivity index (χ2n) is 8.69. The lowest BCUT2D eigenvalue weighted by Crippen LogP contribution is -2.55. The van der Waals surface area contributed by atoms with Crippen molar-refractivity contribution in [2.45, 2.75) is 57.2 Å². The first kappa shape index (κ1) is 16.2. The molecule has 2 aliphatic heterocycles. The van der Waals surface area contributed by atoms with E-state index < -0.39 is 0 Å². The molecule has 0 spiro atoms. The molecular formula is C22H27N3O. The lowest BCUT2D eigenvalue weighted by atomic mass is 9.71. The van der Waals surface area contributed by atoms with Crippen LogP contribution in [-0.4, -0.2) is 52.4 Å². The monoisotopic (exact) mass is 349 g/mol. The Morgan fingerprint density at radius 1 is 1.12 bits per heavy atom. The summed E-state index contributed by atoms with van der Waals surface area (Å²) in [6, 6.07) is 13.4. The van der Waals surface area contributed by atoms with Gasteiger partial charge in [0.05, 0.1) is 5.52 Å². The smallest absolute Gasteiger partial charge is 0.272 e. The fourth-order valence-corrected chi connectivity index (χ4v) is 6.02. The Morgan fingerprint density at radius 2 is 1.88 bits per heavy atom. The summed E-state index contributed by atoms with van der Waals surface area (Å²) in [5.74, 6) is 0.118. The van der Waals surface area contributed by atoms with E-state index in [4.69, 9.17) is 0 Å². The molecule has 136 valence electrons. The minimum absolute atomic E-state index is 0.118. The number of para-hydroxylation sites is 1. The SMILES string of the molecule is CN1[C@@H]2CN(C(=O)c3ccc4ccccc4n3)[C@@H]3CCCC[C@H]1[C@]3(C)C2. The number of likely N-dealkylation sites (N-methyl/N-ethyl adjacent to an activating group) is 1. The first-order valence-corrected chi connectivity index (χ1v) is 9.96. The molecule has 0 unspecified atom stereocenters. The van der Waals surface area contributed by atoms with Gasteiger partial charge in [0.2, 0.25) is 0 Å². The Labute approximate surface area is 155 Å². The first-order chi connectivity index (χ1) is 12.6. The maximum absolute atomic E-state index is 13.5. The molecule has 1 aromatic carbocycles. The van der Waals surface area contributed by atoms with Crippen molar-refractivity contribution in [3.05, 3.63) is 42.1 Å². The Hall–Kier alpha value is -1.94. The van der Waals surface area contributed by atoms with E-state index in [0.717, 1.165) is 23.9 Å². The molecule has 5 rings (SSSR count). The zero-order valence-electron chi connectivity index (χ0n) is 15.7. The molecule has 4 atom stereocenters. The third kappa shape index (κ3) is 2.24. The fourth-order valence-electron chi connectivity index (χ4n) is 6.02. The van der Waals surface area contributed by atoms with Crippen molar-refractivity contribution < 1.29 is 4.79 Å². The summed E-state index contributed by atoms with van der Waals surface area (Å²) in [5.41, 5.74) is 1.72. The number of piperidine rings is 1. The van der Waals surface area contributed by atoms with Gasteiger partial charge in [0.25, 0.3) is 5.91 Å². The lowest BCUT2D eigenvalue weighted by Gasteiger charge is -2.46. The molecule has 4 heteroatoms. The van der Waals surface area contributed by atoms with Crippen LogP contribution >= 0.6 is 0 Å². The summed E-state index contributed by atoms with van der Waals surface area (Å²) in [5, 5.41) is 1.09. The zero-order chi connectivity index (χ0) is 17.9. The maximum atomic E-state index is 13.5. The molecule has 1 amide bonds. The van der Waals surface area contributed by atoms with E-state index in [1.54, 1.807) is 0 Å². The summed E-state index contributed by atoms with van der Waals surface area (Å²) in [6.07, 6.45) is 6.14. The van der Waals surface area contributed by atoms with Crippen molar-refractivity contribution in [2.24, 2.45) is 5.41 Å². The van der Waals surface area contributed by atoms with Gasteiger partial charge in [-0.15, -0.1) is 0 Å². The van der Waals surface area contributed by atoms with Crippen molar-refractivity contribution in [1.29, 1.82) is 0 Å². The minimum atomic E-state index is 0.118. The van der Waals surface area contributed by atoms with E-state index in [1.165, 1.54) is 25.7 Å². The van der Waals surface area contributed by atoms with Crippen LogP contribution in [0, 0.1) is 5.41 Å². The van der Waals surface area contributed by atoms with Gasteiger partial charge in [-0.05, 0) is 38.4 Å². The van der Waals surface area contributed by atoms with Crippen LogP contribution < -0.4 is 0 Å². The van der Waals surface area contributed by atoms with Crippen molar-refractivity contribution in [1.82, 2.24) is 14.8 Å². The van der Waals surface area contributed by atoms with E-state index >= 15 is 0 Å². The highest BCUT2D eigenvalue weighted by molar-refractivity contribution is 5.95. The number of pyridine rings is 1. The molecule has 1 aromatic heterocycles. The number of aromatic nitrogens is 1. The number of benzene rings is 1. The normalized spacial score (nSPS) is 34.1. The second kappa shape index (κ2) is 5.78. The fraction of sp³-hybridized carbons (Fsp3) is 0.545. The lowest BCUT2D eigenvalue weighted by molar-refractivity contribution is 0.0279. The molecule has 26 heavy (non-hydrogen) atoms. The van der Waals surface area contributed by atoms with Gasteiger partial charge >= 0.3 is 0 Å². The number of nitrogens with zero attached hydrogens (tertiary/aromatic N) is 3. The number of rotatable bonds is 1. The Morgan fingerprint density at radius 3 is 2.73 bits per heavy atom. The molecule has 0 N–H and O–H groups in total. The van der Waals surface area contributed by atoms with E-state index in [0.29, 0.717) is 23.8 Å². The van der Waals surface area contributed by atoms with E-state index in [2.05, 4.69) is 28.8 Å². The predicted octanol–water partition coefficient (Wildman–Crippen LogP) is 3.71. The van der Waals surface area contributed by atoms with Crippen LogP contribution in [0.1, 0.15) is 49.5 Å². The number of carbonyl (C=O) groups excluding carboxylic acids is 1. The Balaban J connectivity index is 1.53. The number of fused-ring (bicyclic) bond motifs is 2. The molecule has 3 fully saturated rings. The summed E-state index contributed by atoms with van der Waals surface area (Å²) in [7, 11) is 2.27. The van der Waals surface area contributed by atoms with Gasteiger partial charge in [0, 0.05) is 35.5 Å². The predicted molar refractivity (Wildman–Crippen MR) is 103 cm³/mol. The highest BCUT2D eigenvalue weighted by atomic mass is 16.2. The minimum Gasteiger partial charge on any atom is -0.332 e. The molecule has 3 heterocycles. The largest absolute Gasteiger partial charge is 0.332 e. The number of carbonyl (C=O) groups is 1. The molecule has 4 nitrogen and oxygen atoms in total. The first-order valence-electron chi connectivity index (χ1n) is 9.96. The standard InChI is InChI=1S/C22H27N3O/c1-22-13-16-14-25(20(22)10-6-5-9-19(22)24(16)2)21(26)18-12-11-15-7-3-4-8-17(15)23-18/h3-4,7-8,11-12,16,19-20H,5-6,9-10,13-14H2,1-2H3/t16-,19-,20+,22-/m0/s1. The van der Waals surface area contributed by atoms with Crippen LogP contribution in [0.3, 0.4) is 0 Å². The van der Waals surface area contributed by atoms with Crippen molar-refractivity contribution >= 4 is 16.8 Å². The third-order valence-electron chi connectivity index (χ3n) is 7.33. The highest BCUT2D eigenvalue weighted by Gasteiger charge is 2.58. The van der Waals surface area contributed by atoms with Crippen molar-refractivity contribution in [2.75, 3.05) is 13.6 Å². The molecule has 2 saturated heterocycles. The zero-order valence-corrected chi connectivity index (χ0v) is 15.7. The third-order valence-corrected chi connectivity index (χ3v) is 7.33.